The molecule has 0 spiro atoms. The largest absolute Gasteiger partial charge is 0.326 e. The molecule has 2 N–H and O–H groups in total. The van der Waals surface area contributed by atoms with Crippen molar-refractivity contribution in [3.05, 3.63) is 0 Å². The molecular formula is C12H20N2O. The molecule has 0 radical (unpaired) electrons. The van der Waals surface area contributed by atoms with E-state index in [0.717, 1.165) is 19.3 Å². The molecule has 0 amide bonds. The number of hydrogen-bond donors (Lipinski definition) is 1. The molecule has 1 saturated carbocycles. The summed E-state index contributed by atoms with van der Waals surface area (Å²) >= 11 is 0. The molecule has 0 aromatic heterocycles. The van der Waals surface area contributed by atoms with Crippen LogP contribution in [0.3, 0.4) is 0 Å². The quantitative estimate of drug-likeness (QED) is 0.769. The van der Waals surface area contributed by atoms with Gasteiger partial charge in [-0.25, -0.2) is 0 Å². The monoisotopic (exact) mass is 208 g/mol. The summed E-state index contributed by atoms with van der Waals surface area (Å²) in [5, 5.41) is 9.26. The molecule has 1 aliphatic rings. The molecule has 15 heavy (non-hydrogen) atoms. The summed E-state index contributed by atoms with van der Waals surface area (Å²) in [4.78, 5) is 11.2. The van der Waals surface area contributed by atoms with Gasteiger partial charge < -0.3 is 5.73 Å². The highest BCUT2D eigenvalue weighted by molar-refractivity contribution is 5.79. The van der Waals surface area contributed by atoms with E-state index in [0.29, 0.717) is 25.7 Å². The van der Waals surface area contributed by atoms with Gasteiger partial charge in [0.25, 0.3) is 0 Å². The molecule has 1 atom stereocenters. The number of carbonyl (C=O) groups excluding carboxylic acids is 1. The first-order valence-electron chi connectivity index (χ1n) is 5.83. The van der Waals surface area contributed by atoms with Crippen molar-refractivity contribution in [1.29, 1.82) is 5.26 Å². The summed E-state index contributed by atoms with van der Waals surface area (Å²) in [6, 6.07) is 2.31. The maximum absolute atomic E-state index is 11.2. The first kappa shape index (κ1) is 12.2. The van der Waals surface area contributed by atoms with E-state index in [4.69, 9.17) is 5.73 Å². The zero-order chi connectivity index (χ0) is 11.3. The second-order valence-corrected chi connectivity index (χ2v) is 4.56. The van der Waals surface area contributed by atoms with Crippen molar-refractivity contribution in [3.8, 4) is 6.07 Å². The van der Waals surface area contributed by atoms with E-state index in [-0.39, 0.29) is 11.8 Å². The van der Waals surface area contributed by atoms with Gasteiger partial charge in [0.1, 0.15) is 5.78 Å². The summed E-state index contributed by atoms with van der Waals surface area (Å²) in [6.07, 6.45) is 5.46. The molecule has 0 aromatic carbocycles. The van der Waals surface area contributed by atoms with Crippen LogP contribution in [-0.2, 0) is 4.79 Å². The fourth-order valence-electron chi connectivity index (χ4n) is 2.24. The number of nitriles is 1. The zero-order valence-electron chi connectivity index (χ0n) is 9.46. The molecule has 1 fully saturated rings. The highest BCUT2D eigenvalue weighted by Crippen LogP contribution is 2.38. The van der Waals surface area contributed by atoms with Crippen LogP contribution in [0.1, 0.15) is 51.9 Å². The Balaban J connectivity index is 2.60. The highest BCUT2D eigenvalue weighted by atomic mass is 16.1. The van der Waals surface area contributed by atoms with Crippen molar-refractivity contribution < 1.29 is 4.79 Å². The lowest BCUT2D eigenvalue weighted by Crippen LogP contribution is -2.43. The van der Waals surface area contributed by atoms with Crippen LogP contribution in [0.25, 0.3) is 0 Å². The van der Waals surface area contributed by atoms with Crippen molar-refractivity contribution >= 4 is 5.78 Å². The van der Waals surface area contributed by atoms with Gasteiger partial charge in [-0.1, -0.05) is 19.8 Å². The Bertz CT molecular complexity index is 257. The predicted molar refractivity (Wildman–Crippen MR) is 59.0 cm³/mol. The third kappa shape index (κ3) is 2.79. The topological polar surface area (TPSA) is 66.9 Å². The smallest absolute Gasteiger partial charge is 0.133 e. The Morgan fingerprint density at radius 3 is 2.60 bits per heavy atom. The van der Waals surface area contributed by atoms with Crippen LogP contribution in [-0.4, -0.2) is 11.8 Å². The Labute approximate surface area is 91.6 Å². The Morgan fingerprint density at radius 2 is 2.13 bits per heavy atom. The average Bonchev–Trinajstić information content (AvgIpc) is 2.27. The molecule has 0 bridgehead atoms. The third-order valence-electron chi connectivity index (χ3n) is 3.50. The van der Waals surface area contributed by atoms with Crippen LogP contribution in [0, 0.1) is 16.7 Å². The predicted octanol–water partition coefficient (Wildman–Crippen LogP) is 2.16. The standard InChI is InChI=1S/C12H20N2O/c1-2-3-4-11(14)12(9-13)7-5-10(15)6-8-12/h11H,2-8,14H2,1H3. The normalized spacial score (nSPS) is 22.1. The first-order chi connectivity index (χ1) is 7.14. The molecule has 1 unspecified atom stereocenters. The highest BCUT2D eigenvalue weighted by Gasteiger charge is 2.39. The minimum absolute atomic E-state index is 0.0597. The summed E-state index contributed by atoms with van der Waals surface area (Å²) < 4.78 is 0. The number of unbranched alkanes of at least 4 members (excludes halogenated alkanes) is 1. The Kier molecular flexibility index (Phi) is 4.28. The minimum atomic E-state index is -0.428. The minimum Gasteiger partial charge on any atom is -0.326 e. The number of Topliss-reactive ketones (excluding diaryl/α,β-unsaturated/α-hetero) is 1. The van der Waals surface area contributed by atoms with Gasteiger partial charge in [0.05, 0.1) is 11.5 Å². The summed E-state index contributed by atoms with van der Waals surface area (Å²) in [5.74, 6) is 0.281. The van der Waals surface area contributed by atoms with E-state index in [2.05, 4.69) is 13.0 Å². The van der Waals surface area contributed by atoms with Crippen LogP contribution in [0.4, 0.5) is 0 Å². The van der Waals surface area contributed by atoms with Gasteiger partial charge in [0.15, 0.2) is 0 Å². The lowest BCUT2D eigenvalue weighted by Gasteiger charge is -2.35. The Hall–Kier alpha value is -0.880. The summed E-state index contributed by atoms with van der Waals surface area (Å²) in [5.41, 5.74) is 5.66. The number of hydrogen-bond acceptors (Lipinski definition) is 3. The fraction of sp³-hybridized carbons (Fsp3) is 0.833. The van der Waals surface area contributed by atoms with E-state index in [1.54, 1.807) is 0 Å². The van der Waals surface area contributed by atoms with Crippen LogP contribution < -0.4 is 5.73 Å². The molecule has 0 aliphatic heterocycles. The van der Waals surface area contributed by atoms with Gasteiger partial charge in [0.2, 0.25) is 0 Å². The number of ketones is 1. The van der Waals surface area contributed by atoms with Gasteiger partial charge in [-0.2, -0.15) is 5.26 Å². The lowest BCUT2D eigenvalue weighted by atomic mass is 9.69. The molecule has 3 heteroatoms. The number of rotatable bonds is 4. The van der Waals surface area contributed by atoms with E-state index in [1.807, 2.05) is 0 Å². The molecule has 0 aromatic rings. The van der Waals surface area contributed by atoms with Gasteiger partial charge in [-0.15, -0.1) is 0 Å². The van der Waals surface area contributed by atoms with Crippen molar-refractivity contribution in [3.63, 3.8) is 0 Å². The van der Waals surface area contributed by atoms with Gasteiger partial charge in [-0.3, -0.25) is 4.79 Å². The van der Waals surface area contributed by atoms with Crippen LogP contribution in [0.15, 0.2) is 0 Å². The Morgan fingerprint density at radius 1 is 1.53 bits per heavy atom. The molecule has 1 rings (SSSR count). The maximum atomic E-state index is 11.2. The van der Waals surface area contributed by atoms with E-state index < -0.39 is 5.41 Å². The average molecular weight is 208 g/mol. The molecule has 84 valence electrons. The zero-order valence-corrected chi connectivity index (χ0v) is 9.46. The number of nitrogens with two attached hydrogens (primary N) is 1. The maximum Gasteiger partial charge on any atom is 0.133 e. The van der Waals surface area contributed by atoms with Crippen molar-refractivity contribution in [2.75, 3.05) is 0 Å². The second kappa shape index (κ2) is 5.27. The SMILES string of the molecule is CCCCC(N)C1(C#N)CCC(=O)CC1. The van der Waals surface area contributed by atoms with Crippen LogP contribution in [0.2, 0.25) is 0 Å². The van der Waals surface area contributed by atoms with Gasteiger partial charge in [0, 0.05) is 18.9 Å². The molecule has 0 saturated heterocycles. The third-order valence-corrected chi connectivity index (χ3v) is 3.50. The second-order valence-electron chi connectivity index (χ2n) is 4.56. The molecular weight excluding hydrogens is 188 g/mol. The first-order valence-corrected chi connectivity index (χ1v) is 5.83. The summed E-state index contributed by atoms with van der Waals surface area (Å²) in [6.45, 7) is 2.12. The molecule has 1 aliphatic carbocycles. The molecule has 0 heterocycles. The van der Waals surface area contributed by atoms with Gasteiger partial charge in [-0.05, 0) is 19.3 Å². The van der Waals surface area contributed by atoms with E-state index >= 15 is 0 Å². The lowest BCUT2D eigenvalue weighted by molar-refractivity contribution is -0.121. The number of nitrogens with zero attached hydrogens (tertiary/aromatic N) is 1. The van der Waals surface area contributed by atoms with E-state index in [9.17, 15) is 10.1 Å². The summed E-state index contributed by atoms with van der Waals surface area (Å²) in [7, 11) is 0. The van der Waals surface area contributed by atoms with Crippen molar-refractivity contribution in [2.45, 2.75) is 57.9 Å². The van der Waals surface area contributed by atoms with Crippen LogP contribution in [0.5, 0.6) is 0 Å². The van der Waals surface area contributed by atoms with E-state index in [1.165, 1.54) is 0 Å². The van der Waals surface area contributed by atoms with Gasteiger partial charge >= 0.3 is 0 Å². The van der Waals surface area contributed by atoms with Crippen molar-refractivity contribution in [1.82, 2.24) is 0 Å². The van der Waals surface area contributed by atoms with Crippen molar-refractivity contribution in [2.24, 2.45) is 11.1 Å². The fourth-order valence-corrected chi connectivity index (χ4v) is 2.24. The van der Waals surface area contributed by atoms with Crippen LogP contribution >= 0.6 is 0 Å². The molecule has 3 nitrogen and oxygen atoms in total. The number of carbonyl (C=O) groups is 1.